The Hall–Kier alpha value is -1.60. The predicted molar refractivity (Wildman–Crippen MR) is 61.1 cm³/mol. The molecule has 0 spiro atoms. The number of rotatable bonds is 1. The van der Waals surface area contributed by atoms with E-state index in [4.69, 9.17) is 16.9 Å². The maximum atomic E-state index is 12.9. The number of benzene rings is 1. The molecule has 2 rings (SSSR count). The van der Waals surface area contributed by atoms with Gasteiger partial charge in [0.25, 0.3) is 5.91 Å². The van der Waals surface area contributed by atoms with E-state index in [0.717, 1.165) is 12.5 Å². The number of likely N-dealkylation sites (tertiary alicyclic amines) is 1. The summed E-state index contributed by atoms with van der Waals surface area (Å²) in [6.45, 7) is 0.546. The van der Waals surface area contributed by atoms with Gasteiger partial charge < -0.3 is 4.90 Å². The topological polar surface area (TPSA) is 44.1 Å². The Morgan fingerprint density at radius 3 is 3.00 bits per heavy atom. The molecule has 1 aromatic rings. The molecule has 1 aliphatic heterocycles. The van der Waals surface area contributed by atoms with E-state index in [1.807, 2.05) is 0 Å². The van der Waals surface area contributed by atoms with E-state index in [-0.39, 0.29) is 16.5 Å². The molecular formula is C12H10ClFN2O. The molecule has 17 heavy (non-hydrogen) atoms. The molecule has 1 heterocycles. The summed E-state index contributed by atoms with van der Waals surface area (Å²) in [6, 6.07) is 5.33. The van der Waals surface area contributed by atoms with E-state index in [1.165, 1.54) is 17.0 Å². The standard InChI is InChI=1S/C12H10ClFN2O/c13-11-6-8(14)3-4-10(11)12(17)16-5-1-2-9(16)7-15/h3-4,6,9H,1-2,5H2. The minimum atomic E-state index is -0.482. The fourth-order valence-electron chi connectivity index (χ4n) is 1.96. The first-order valence-corrected chi connectivity index (χ1v) is 5.67. The molecule has 1 atom stereocenters. The Morgan fingerprint density at radius 2 is 2.35 bits per heavy atom. The fraction of sp³-hybridized carbons (Fsp3) is 0.333. The van der Waals surface area contributed by atoms with Crippen molar-refractivity contribution in [1.82, 2.24) is 4.90 Å². The van der Waals surface area contributed by atoms with Crippen LogP contribution in [0.5, 0.6) is 0 Å². The van der Waals surface area contributed by atoms with Gasteiger partial charge in [-0.05, 0) is 31.0 Å². The first-order chi connectivity index (χ1) is 8.13. The van der Waals surface area contributed by atoms with E-state index in [1.54, 1.807) is 0 Å². The molecule has 0 saturated carbocycles. The number of nitrogens with zero attached hydrogens (tertiary/aromatic N) is 2. The molecule has 0 bridgehead atoms. The van der Waals surface area contributed by atoms with Crippen LogP contribution in [0.4, 0.5) is 4.39 Å². The summed E-state index contributed by atoms with van der Waals surface area (Å²) in [5.74, 6) is -0.788. The van der Waals surface area contributed by atoms with Crippen molar-refractivity contribution in [1.29, 1.82) is 5.26 Å². The summed E-state index contributed by atoms with van der Waals surface area (Å²) in [6.07, 6.45) is 1.49. The molecule has 1 amide bonds. The van der Waals surface area contributed by atoms with Crippen LogP contribution in [0.3, 0.4) is 0 Å². The first-order valence-electron chi connectivity index (χ1n) is 5.29. The van der Waals surface area contributed by atoms with Crippen molar-refractivity contribution in [3.05, 3.63) is 34.6 Å². The number of amides is 1. The van der Waals surface area contributed by atoms with Crippen molar-refractivity contribution in [2.75, 3.05) is 6.54 Å². The lowest BCUT2D eigenvalue weighted by Crippen LogP contribution is -2.34. The van der Waals surface area contributed by atoms with Crippen LogP contribution in [-0.4, -0.2) is 23.4 Å². The van der Waals surface area contributed by atoms with Crippen LogP contribution in [0.15, 0.2) is 18.2 Å². The quantitative estimate of drug-likeness (QED) is 0.771. The van der Waals surface area contributed by atoms with Crippen LogP contribution < -0.4 is 0 Å². The summed E-state index contributed by atoms with van der Waals surface area (Å²) in [5, 5.41) is 8.99. The SMILES string of the molecule is N#CC1CCCN1C(=O)c1ccc(F)cc1Cl. The Kier molecular flexibility index (Phi) is 3.30. The number of halogens is 2. The summed E-state index contributed by atoms with van der Waals surface area (Å²) >= 11 is 5.82. The fourth-order valence-corrected chi connectivity index (χ4v) is 2.21. The second-order valence-corrected chi connectivity index (χ2v) is 4.32. The zero-order chi connectivity index (χ0) is 12.4. The summed E-state index contributed by atoms with van der Waals surface area (Å²) in [4.78, 5) is 13.6. The molecule has 5 heteroatoms. The number of hydrogen-bond acceptors (Lipinski definition) is 2. The van der Waals surface area contributed by atoms with Crippen LogP contribution >= 0.6 is 11.6 Å². The highest BCUT2D eigenvalue weighted by Gasteiger charge is 2.30. The molecule has 1 unspecified atom stereocenters. The van der Waals surface area contributed by atoms with Crippen LogP contribution in [0, 0.1) is 17.1 Å². The van der Waals surface area contributed by atoms with Crippen LogP contribution in [-0.2, 0) is 0 Å². The lowest BCUT2D eigenvalue weighted by molar-refractivity contribution is 0.0765. The minimum Gasteiger partial charge on any atom is -0.323 e. The summed E-state index contributed by atoms with van der Waals surface area (Å²) in [5.41, 5.74) is 0.246. The Bertz CT molecular complexity index is 498. The lowest BCUT2D eigenvalue weighted by atomic mass is 10.1. The van der Waals surface area contributed by atoms with Crippen molar-refractivity contribution in [3.63, 3.8) is 0 Å². The molecule has 88 valence electrons. The number of nitriles is 1. The molecule has 3 nitrogen and oxygen atoms in total. The van der Waals surface area contributed by atoms with Crippen LogP contribution in [0.2, 0.25) is 5.02 Å². The van der Waals surface area contributed by atoms with E-state index < -0.39 is 11.9 Å². The van der Waals surface area contributed by atoms with Crippen molar-refractivity contribution >= 4 is 17.5 Å². The molecule has 1 fully saturated rings. The Morgan fingerprint density at radius 1 is 1.59 bits per heavy atom. The van der Waals surface area contributed by atoms with Gasteiger partial charge in [-0.1, -0.05) is 11.6 Å². The average molecular weight is 253 g/mol. The van der Waals surface area contributed by atoms with Gasteiger partial charge in [0, 0.05) is 6.54 Å². The van der Waals surface area contributed by atoms with Crippen molar-refractivity contribution < 1.29 is 9.18 Å². The van der Waals surface area contributed by atoms with Gasteiger partial charge >= 0.3 is 0 Å². The van der Waals surface area contributed by atoms with Gasteiger partial charge in [-0.15, -0.1) is 0 Å². The zero-order valence-electron chi connectivity index (χ0n) is 8.99. The minimum absolute atomic E-state index is 0.0820. The van der Waals surface area contributed by atoms with Gasteiger partial charge in [-0.2, -0.15) is 5.26 Å². The number of carbonyl (C=O) groups is 1. The molecule has 1 aromatic carbocycles. The smallest absolute Gasteiger partial charge is 0.256 e. The third kappa shape index (κ3) is 2.25. The number of carbonyl (C=O) groups excluding carboxylic acids is 1. The molecule has 0 radical (unpaired) electrons. The summed E-state index contributed by atoms with van der Waals surface area (Å²) < 4.78 is 12.9. The highest BCUT2D eigenvalue weighted by molar-refractivity contribution is 6.33. The normalized spacial score (nSPS) is 19.1. The Labute approximate surface area is 103 Å². The van der Waals surface area contributed by atoms with Gasteiger partial charge in [0.1, 0.15) is 11.9 Å². The maximum absolute atomic E-state index is 12.9. The van der Waals surface area contributed by atoms with E-state index in [0.29, 0.717) is 13.0 Å². The molecular weight excluding hydrogens is 243 g/mol. The third-order valence-corrected chi connectivity index (χ3v) is 3.14. The van der Waals surface area contributed by atoms with E-state index in [9.17, 15) is 9.18 Å². The highest BCUT2D eigenvalue weighted by Crippen LogP contribution is 2.24. The van der Waals surface area contributed by atoms with Gasteiger partial charge in [0.15, 0.2) is 0 Å². The van der Waals surface area contributed by atoms with Gasteiger partial charge in [0.2, 0.25) is 0 Å². The summed E-state index contributed by atoms with van der Waals surface area (Å²) in [7, 11) is 0. The highest BCUT2D eigenvalue weighted by atomic mass is 35.5. The third-order valence-electron chi connectivity index (χ3n) is 2.82. The van der Waals surface area contributed by atoms with Crippen molar-refractivity contribution in [3.8, 4) is 6.07 Å². The molecule has 1 aliphatic rings. The predicted octanol–water partition coefficient (Wildman–Crippen LogP) is 2.61. The first kappa shape index (κ1) is 11.9. The van der Waals surface area contributed by atoms with Gasteiger partial charge in [-0.3, -0.25) is 4.79 Å². The largest absolute Gasteiger partial charge is 0.323 e. The van der Waals surface area contributed by atoms with Crippen molar-refractivity contribution in [2.24, 2.45) is 0 Å². The average Bonchev–Trinajstić information content (AvgIpc) is 2.76. The molecule has 0 N–H and O–H groups in total. The van der Waals surface area contributed by atoms with E-state index >= 15 is 0 Å². The molecule has 0 aromatic heterocycles. The maximum Gasteiger partial charge on any atom is 0.256 e. The van der Waals surface area contributed by atoms with Crippen molar-refractivity contribution in [2.45, 2.75) is 18.9 Å². The van der Waals surface area contributed by atoms with Gasteiger partial charge in [0.05, 0.1) is 16.7 Å². The van der Waals surface area contributed by atoms with E-state index in [2.05, 4.69) is 6.07 Å². The second kappa shape index (κ2) is 4.72. The lowest BCUT2D eigenvalue weighted by Gasteiger charge is -2.19. The zero-order valence-corrected chi connectivity index (χ0v) is 9.75. The Balaban J connectivity index is 2.28. The molecule has 1 saturated heterocycles. The molecule has 0 aliphatic carbocycles. The number of hydrogen-bond donors (Lipinski definition) is 0. The second-order valence-electron chi connectivity index (χ2n) is 3.91. The van der Waals surface area contributed by atoms with Crippen LogP contribution in [0.25, 0.3) is 0 Å². The monoisotopic (exact) mass is 252 g/mol. The van der Waals surface area contributed by atoms with Crippen LogP contribution in [0.1, 0.15) is 23.2 Å². The van der Waals surface area contributed by atoms with Gasteiger partial charge in [-0.25, -0.2) is 4.39 Å².